The van der Waals surface area contributed by atoms with Crippen LogP contribution in [-0.4, -0.2) is 21.7 Å². The summed E-state index contributed by atoms with van der Waals surface area (Å²) in [6, 6.07) is 5.59. The van der Waals surface area contributed by atoms with Gasteiger partial charge in [0.1, 0.15) is 0 Å². The predicted molar refractivity (Wildman–Crippen MR) is 65.2 cm³/mol. The molecule has 4 nitrogen and oxygen atoms in total. The normalized spacial score (nSPS) is 10.1. The number of nitro groups is 1. The summed E-state index contributed by atoms with van der Waals surface area (Å²) in [6.07, 6.45) is 0.769. The van der Waals surface area contributed by atoms with Crippen molar-refractivity contribution in [2.75, 3.05) is 11.6 Å². The molecule has 0 fully saturated rings. The van der Waals surface area contributed by atoms with Gasteiger partial charge >= 0.3 is 0 Å². The van der Waals surface area contributed by atoms with Crippen LogP contribution in [0.25, 0.3) is 0 Å². The van der Waals surface area contributed by atoms with E-state index in [0.29, 0.717) is 17.2 Å². The Morgan fingerprint density at radius 2 is 2.00 bits per heavy atom. The van der Waals surface area contributed by atoms with Gasteiger partial charge in [-0.15, -0.1) is 11.6 Å². The van der Waals surface area contributed by atoms with Gasteiger partial charge in [0.05, 0.1) is 4.92 Å². The molecule has 0 aromatic heterocycles. The van der Waals surface area contributed by atoms with Crippen LogP contribution >= 0.6 is 23.4 Å². The van der Waals surface area contributed by atoms with E-state index in [4.69, 9.17) is 11.6 Å². The Hall–Kier alpha value is -1.07. The van der Waals surface area contributed by atoms with Crippen molar-refractivity contribution in [3.05, 3.63) is 39.9 Å². The monoisotopic (exact) mass is 259 g/mol. The summed E-state index contributed by atoms with van der Waals surface area (Å²) >= 11 is 6.66. The number of benzene rings is 1. The highest BCUT2D eigenvalue weighted by atomic mass is 35.5. The fraction of sp³-hybridized carbons (Fsp3) is 0.300. The second kappa shape index (κ2) is 6.50. The fourth-order valence-corrected chi connectivity index (χ4v) is 2.09. The maximum Gasteiger partial charge on any atom is 0.269 e. The quantitative estimate of drug-likeness (QED) is 0.353. The first-order valence-electron chi connectivity index (χ1n) is 4.62. The molecule has 0 heterocycles. The molecule has 0 spiro atoms. The van der Waals surface area contributed by atoms with Crippen LogP contribution in [0.2, 0.25) is 0 Å². The summed E-state index contributed by atoms with van der Waals surface area (Å²) in [4.78, 5) is 21.5. The molecule has 1 aromatic carbocycles. The molecular weight excluding hydrogens is 250 g/mol. The fourth-order valence-electron chi connectivity index (χ4n) is 1.02. The number of nitro benzene ring substituents is 1. The highest BCUT2D eigenvalue weighted by molar-refractivity contribution is 8.14. The summed E-state index contributed by atoms with van der Waals surface area (Å²) in [5.41, 5.74) is 0.465. The molecule has 0 radical (unpaired) electrons. The van der Waals surface area contributed by atoms with Crippen molar-refractivity contribution >= 4 is 34.2 Å². The average Bonchev–Trinajstić information content (AvgIpc) is 2.29. The molecule has 6 heteroatoms. The molecule has 0 saturated carbocycles. The predicted octanol–water partition coefficient (Wildman–Crippen LogP) is 3.10. The average molecular weight is 260 g/mol. The molecule has 1 rings (SSSR count). The van der Waals surface area contributed by atoms with E-state index in [1.165, 1.54) is 36.0 Å². The molecular formula is C10H10ClNO3S. The zero-order chi connectivity index (χ0) is 12.0. The molecule has 0 N–H and O–H groups in total. The lowest BCUT2D eigenvalue weighted by Crippen LogP contribution is -1.96. The maximum atomic E-state index is 11.6. The Bertz CT molecular complexity index is 380. The SMILES string of the molecule is O=C(SCCCCl)c1ccc([N+](=O)[O-])cc1. The minimum Gasteiger partial charge on any atom is -0.282 e. The number of nitrogens with zero attached hydrogens (tertiary/aromatic N) is 1. The maximum absolute atomic E-state index is 11.6. The van der Waals surface area contributed by atoms with Crippen molar-refractivity contribution < 1.29 is 9.72 Å². The molecule has 0 atom stereocenters. The number of thioether (sulfide) groups is 1. The highest BCUT2D eigenvalue weighted by Crippen LogP contribution is 2.17. The lowest BCUT2D eigenvalue weighted by atomic mass is 10.2. The summed E-state index contributed by atoms with van der Waals surface area (Å²) in [5, 5.41) is 10.3. The summed E-state index contributed by atoms with van der Waals surface area (Å²) in [7, 11) is 0. The van der Waals surface area contributed by atoms with Crippen LogP contribution in [0, 0.1) is 10.1 Å². The second-order valence-electron chi connectivity index (χ2n) is 2.98. The smallest absolute Gasteiger partial charge is 0.269 e. The van der Waals surface area contributed by atoms with Gasteiger partial charge in [0.2, 0.25) is 5.12 Å². The van der Waals surface area contributed by atoms with E-state index in [-0.39, 0.29) is 10.8 Å². The zero-order valence-electron chi connectivity index (χ0n) is 8.39. The first-order valence-corrected chi connectivity index (χ1v) is 6.14. The van der Waals surface area contributed by atoms with Crippen LogP contribution < -0.4 is 0 Å². The van der Waals surface area contributed by atoms with E-state index in [1.54, 1.807) is 0 Å². The summed E-state index contributed by atoms with van der Waals surface area (Å²) < 4.78 is 0. The topological polar surface area (TPSA) is 60.2 Å². The van der Waals surface area contributed by atoms with Crippen LogP contribution in [-0.2, 0) is 0 Å². The molecule has 0 bridgehead atoms. The van der Waals surface area contributed by atoms with Gasteiger partial charge in [-0.3, -0.25) is 14.9 Å². The molecule has 1 aromatic rings. The summed E-state index contributed by atoms with van der Waals surface area (Å²) in [6.45, 7) is 0. The van der Waals surface area contributed by atoms with Gasteiger partial charge in [-0.2, -0.15) is 0 Å². The molecule has 0 aliphatic rings. The zero-order valence-corrected chi connectivity index (χ0v) is 9.96. The highest BCUT2D eigenvalue weighted by Gasteiger charge is 2.09. The minimum atomic E-state index is -0.491. The van der Waals surface area contributed by atoms with E-state index in [2.05, 4.69) is 0 Å². The van der Waals surface area contributed by atoms with E-state index in [1.807, 2.05) is 0 Å². The second-order valence-corrected chi connectivity index (χ2v) is 4.43. The lowest BCUT2D eigenvalue weighted by molar-refractivity contribution is -0.384. The van der Waals surface area contributed by atoms with Gasteiger partial charge < -0.3 is 0 Å². The number of rotatable bonds is 5. The molecule has 0 aliphatic heterocycles. The Morgan fingerprint density at radius 1 is 1.38 bits per heavy atom. The first kappa shape index (κ1) is 13.0. The van der Waals surface area contributed by atoms with Crippen molar-refractivity contribution in [3.8, 4) is 0 Å². The Kier molecular flexibility index (Phi) is 5.28. The number of carbonyl (C=O) groups is 1. The lowest BCUT2D eigenvalue weighted by Gasteiger charge is -1.99. The van der Waals surface area contributed by atoms with E-state index in [9.17, 15) is 14.9 Å². The number of hydrogen-bond donors (Lipinski definition) is 0. The van der Waals surface area contributed by atoms with Crippen molar-refractivity contribution in [2.24, 2.45) is 0 Å². The van der Waals surface area contributed by atoms with Gasteiger partial charge in [-0.1, -0.05) is 11.8 Å². The van der Waals surface area contributed by atoms with Crippen molar-refractivity contribution in [1.82, 2.24) is 0 Å². The Balaban J connectivity index is 2.59. The third kappa shape index (κ3) is 3.83. The molecule has 0 amide bonds. The van der Waals surface area contributed by atoms with Crippen LogP contribution in [0.1, 0.15) is 16.8 Å². The molecule has 86 valence electrons. The van der Waals surface area contributed by atoms with Crippen LogP contribution in [0.4, 0.5) is 5.69 Å². The molecule has 0 unspecified atom stereocenters. The van der Waals surface area contributed by atoms with E-state index >= 15 is 0 Å². The van der Waals surface area contributed by atoms with Gasteiger partial charge in [0.15, 0.2) is 0 Å². The van der Waals surface area contributed by atoms with E-state index < -0.39 is 4.92 Å². The summed E-state index contributed by atoms with van der Waals surface area (Å²) in [5.74, 6) is 1.19. The van der Waals surface area contributed by atoms with Crippen molar-refractivity contribution in [1.29, 1.82) is 0 Å². The number of carbonyl (C=O) groups excluding carboxylic acids is 1. The number of alkyl halides is 1. The third-order valence-electron chi connectivity index (χ3n) is 1.82. The third-order valence-corrected chi connectivity index (χ3v) is 3.08. The van der Waals surface area contributed by atoms with Crippen LogP contribution in [0.3, 0.4) is 0 Å². The number of halogens is 1. The Labute approximate surface area is 102 Å². The minimum absolute atomic E-state index is 0.0118. The number of non-ortho nitro benzene ring substituents is 1. The van der Waals surface area contributed by atoms with Gasteiger partial charge in [0.25, 0.3) is 5.69 Å². The van der Waals surface area contributed by atoms with E-state index in [0.717, 1.165) is 6.42 Å². The standard InChI is InChI=1S/C10H10ClNO3S/c11-6-1-7-16-10(13)8-2-4-9(5-3-8)12(14)15/h2-5H,1,6-7H2. The van der Waals surface area contributed by atoms with Crippen molar-refractivity contribution in [3.63, 3.8) is 0 Å². The van der Waals surface area contributed by atoms with Gasteiger partial charge in [-0.25, -0.2) is 0 Å². The molecule has 16 heavy (non-hydrogen) atoms. The number of hydrogen-bond acceptors (Lipinski definition) is 4. The van der Waals surface area contributed by atoms with Crippen LogP contribution in [0.15, 0.2) is 24.3 Å². The molecule has 0 aliphatic carbocycles. The first-order chi connectivity index (χ1) is 7.65. The largest absolute Gasteiger partial charge is 0.282 e. The van der Waals surface area contributed by atoms with Crippen LogP contribution in [0.5, 0.6) is 0 Å². The van der Waals surface area contributed by atoms with Gasteiger partial charge in [0, 0.05) is 29.3 Å². The Morgan fingerprint density at radius 3 is 2.50 bits per heavy atom. The van der Waals surface area contributed by atoms with Gasteiger partial charge in [-0.05, 0) is 18.6 Å². The molecule has 0 saturated heterocycles. The van der Waals surface area contributed by atoms with Crippen molar-refractivity contribution in [2.45, 2.75) is 6.42 Å².